The zero-order valence-electron chi connectivity index (χ0n) is 13.1. The van der Waals surface area contributed by atoms with Gasteiger partial charge in [-0.05, 0) is 55.7 Å². The topological polar surface area (TPSA) is 61.5 Å². The van der Waals surface area contributed by atoms with Crippen LogP contribution in [0.3, 0.4) is 0 Å². The van der Waals surface area contributed by atoms with Gasteiger partial charge in [-0.15, -0.1) is 0 Å². The Hall–Kier alpha value is -2.49. The van der Waals surface area contributed by atoms with Gasteiger partial charge in [-0.2, -0.15) is 0 Å². The van der Waals surface area contributed by atoms with E-state index in [9.17, 15) is 4.79 Å². The Bertz CT molecular complexity index is 665. The van der Waals surface area contributed by atoms with Gasteiger partial charge in [0.25, 0.3) is 0 Å². The summed E-state index contributed by atoms with van der Waals surface area (Å²) < 4.78 is 10.4. The molecule has 2 aromatic rings. The molecule has 4 heteroatoms. The molecular weight excluding hydrogens is 278 g/mol. The highest BCUT2D eigenvalue weighted by Gasteiger charge is 2.11. The molecule has 0 saturated heterocycles. The zero-order valence-corrected chi connectivity index (χ0v) is 13.1. The Morgan fingerprint density at radius 1 is 1.14 bits per heavy atom. The second-order valence-corrected chi connectivity index (χ2v) is 5.40. The first-order valence-electron chi connectivity index (χ1n) is 7.22. The Labute approximate surface area is 130 Å². The Kier molecular flexibility index (Phi) is 5.04. The summed E-state index contributed by atoms with van der Waals surface area (Å²) in [4.78, 5) is 11.7. The lowest BCUT2D eigenvalue weighted by molar-refractivity contribution is 0.0602. The molecule has 0 saturated carbocycles. The van der Waals surface area contributed by atoms with Gasteiger partial charge < -0.3 is 15.2 Å². The summed E-state index contributed by atoms with van der Waals surface area (Å²) in [6.07, 6.45) is 0.831. The molecule has 0 aromatic heterocycles. The number of anilines is 1. The van der Waals surface area contributed by atoms with Crippen LogP contribution >= 0.6 is 0 Å². The van der Waals surface area contributed by atoms with Gasteiger partial charge in [0.2, 0.25) is 0 Å². The minimum atomic E-state index is -0.420. The van der Waals surface area contributed by atoms with Crippen molar-refractivity contribution < 1.29 is 14.3 Å². The first-order chi connectivity index (χ1) is 10.5. The van der Waals surface area contributed by atoms with E-state index in [0.29, 0.717) is 17.7 Å². The molecule has 116 valence electrons. The number of nitrogen functional groups attached to an aromatic ring is 1. The largest absolute Gasteiger partial charge is 0.491 e. The molecule has 0 fully saturated rings. The predicted octanol–water partition coefficient (Wildman–Crippen LogP) is 3.43. The molecule has 0 radical (unpaired) electrons. The number of carbonyl (C=O) groups excluding carboxylic acids is 1. The first kappa shape index (κ1) is 15.9. The van der Waals surface area contributed by atoms with Gasteiger partial charge in [0, 0.05) is 5.69 Å². The smallest absolute Gasteiger partial charge is 0.339 e. The van der Waals surface area contributed by atoms with Crippen LogP contribution in [0.4, 0.5) is 5.69 Å². The summed E-state index contributed by atoms with van der Waals surface area (Å²) >= 11 is 0. The Morgan fingerprint density at radius 3 is 2.55 bits per heavy atom. The third-order valence-electron chi connectivity index (χ3n) is 3.20. The summed E-state index contributed by atoms with van der Waals surface area (Å²) in [6, 6.07) is 13.4. The minimum absolute atomic E-state index is 0.137. The zero-order chi connectivity index (χ0) is 16.1. The minimum Gasteiger partial charge on any atom is -0.491 e. The van der Waals surface area contributed by atoms with E-state index in [4.69, 9.17) is 15.2 Å². The van der Waals surface area contributed by atoms with Crippen molar-refractivity contribution in [1.82, 2.24) is 0 Å². The summed E-state index contributed by atoms with van der Waals surface area (Å²) in [5.74, 6) is 0.423. The molecule has 0 aliphatic carbocycles. The second-order valence-electron chi connectivity index (χ2n) is 5.40. The van der Waals surface area contributed by atoms with E-state index in [1.165, 1.54) is 7.11 Å². The van der Waals surface area contributed by atoms with Crippen LogP contribution in [0.5, 0.6) is 5.75 Å². The van der Waals surface area contributed by atoms with Gasteiger partial charge in [-0.3, -0.25) is 0 Å². The van der Waals surface area contributed by atoms with Crippen LogP contribution in [-0.4, -0.2) is 19.2 Å². The highest BCUT2D eigenvalue weighted by Crippen LogP contribution is 2.21. The van der Waals surface area contributed by atoms with Crippen molar-refractivity contribution >= 4 is 11.7 Å². The number of benzene rings is 2. The van der Waals surface area contributed by atoms with Gasteiger partial charge in [0.05, 0.1) is 18.8 Å². The van der Waals surface area contributed by atoms with Crippen molar-refractivity contribution in [2.75, 3.05) is 12.8 Å². The fourth-order valence-electron chi connectivity index (χ4n) is 2.24. The normalized spacial score (nSPS) is 10.5. The number of nitrogens with two attached hydrogens (primary N) is 1. The van der Waals surface area contributed by atoms with E-state index in [-0.39, 0.29) is 6.10 Å². The molecule has 0 heterocycles. The number of ether oxygens (including phenoxy) is 2. The summed E-state index contributed by atoms with van der Waals surface area (Å²) in [5, 5.41) is 0. The maximum Gasteiger partial charge on any atom is 0.339 e. The van der Waals surface area contributed by atoms with Crippen molar-refractivity contribution in [3.8, 4) is 5.75 Å². The molecule has 0 amide bonds. The molecule has 0 aliphatic rings. The molecule has 0 unspecified atom stereocenters. The lowest BCUT2D eigenvalue weighted by Gasteiger charge is -2.11. The molecule has 0 atom stereocenters. The number of hydrogen-bond acceptors (Lipinski definition) is 4. The van der Waals surface area contributed by atoms with Crippen LogP contribution in [0.1, 0.15) is 35.3 Å². The number of esters is 1. The highest BCUT2D eigenvalue weighted by molar-refractivity contribution is 5.95. The van der Waals surface area contributed by atoms with E-state index in [2.05, 4.69) is 0 Å². The van der Waals surface area contributed by atoms with E-state index in [0.717, 1.165) is 16.9 Å². The fraction of sp³-hybridized carbons (Fsp3) is 0.278. The Morgan fingerprint density at radius 2 is 1.86 bits per heavy atom. The lowest BCUT2D eigenvalue weighted by Crippen LogP contribution is -2.07. The molecule has 2 rings (SSSR count). The van der Waals surface area contributed by atoms with Crippen molar-refractivity contribution in [1.29, 1.82) is 0 Å². The van der Waals surface area contributed by atoms with Gasteiger partial charge in [0.15, 0.2) is 0 Å². The first-order valence-corrected chi connectivity index (χ1v) is 7.22. The van der Waals surface area contributed by atoms with E-state index >= 15 is 0 Å². The van der Waals surface area contributed by atoms with Gasteiger partial charge in [0.1, 0.15) is 5.75 Å². The maximum absolute atomic E-state index is 11.7. The van der Waals surface area contributed by atoms with Gasteiger partial charge in [-0.1, -0.05) is 18.2 Å². The highest BCUT2D eigenvalue weighted by atomic mass is 16.5. The summed E-state index contributed by atoms with van der Waals surface area (Å²) in [5.41, 5.74) is 8.75. The molecule has 2 N–H and O–H groups in total. The molecule has 0 bridgehead atoms. The molecule has 4 nitrogen and oxygen atoms in total. The van der Waals surface area contributed by atoms with Crippen molar-refractivity contribution in [2.45, 2.75) is 26.4 Å². The SMILES string of the molecule is COC(=O)c1cc(Cc2cccc(OC(C)C)c2)ccc1N. The van der Waals surface area contributed by atoms with Crippen LogP contribution < -0.4 is 10.5 Å². The van der Waals surface area contributed by atoms with E-state index < -0.39 is 5.97 Å². The molecule has 2 aromatic carbocycles. The van der Waals surface area contributed by atoms with Gasteiger partial charge in [-0.25, -0.2) is 4.79 Å². The standard InChI is InChI=1S/C18H21NO3/c1-12(2)22-15-6-4-5-13(10-15)9-14-7-8-17(19)16(11-14)18(20)21-3/h4-8,10-12H,9,19H2,1-3H3. The van der Waals surface area contributed by atoms with Crippen molar-refractivity contribution in [2.24, 2.45) is 0 Å². The Balaban J connectivity index is 2.22. The summed E-state index contributed by atoms with van der Waals surface area (Å²) in [7, 11) is 1.35. The second kappa shape index (κ2) is 6.98. The molecule has 0 aliphatic heterocycles. The molecule has 22 heavy (non-hydrogen) atoms. The predicted molar refractivity (Wildman–Crippen MR) is 87.2 cm³/mol. The van der Waals surface area contributed by atoms with E-state index in [1.54, 1.807) is 12.1 Å². The lowest BCUT2D eigenvalue weighted by atomic mass is 10.0. The fourth-order valence-corrected chi connectivity index (χ4v) is 2.24. The van der Waals surface area contributed by atoms with Crippen LogP contribution in [0.2, 0.25) is 0 Å². The third kappa shape index (κ3) is 4.01. The van der Waals surface area contributed by atoms with Crippen molar-refractivity contribution in [3.05, 3.63) is 59.2 Å². The van der Waals surface area contributed by atoms with Crippen LogP contribution in [0.25, 0.3) is 0 Å². The quantitative estimate of drug-likeness (QED) is 0.678. The average Bonchev–Trinajstić information content (AvgIpc) is 2.48. The average molecular weight is 299 g/mol. The van der Waals surface area contributed by atoms with Crippen LogP contribution in [0, 0.1) is 0 Å². The van der Waals surface area contributed by atoms with Crippen molar-refractivity contribution in [3.63, 3.8) is 0 Å². The summed E-state index contributed by atoms with van der Waals surface area (Å²) in [6.45, 7) is 3.99. The number of hydrogen-bond donors (Lipinski definition) is 1. The number of methoxy groups -OCH3 is 1. The van der Waals surface area contributed by atoms with Crippen LogP contribution in [-0.2, 0) is 11.2 Å². The number of rotatable bonds is 5. The maximum atomic E-state index is 11.7. The monoisotopic (exact) mass is 299 g/mol. The third-order valence-corrected chi connectivity index (χ3v) is 3.20. The van der Waals surface area contributed by atoms with Crippen LogP contribution in [0.15, 0.2) is 42.5 Å². The van der Waals surface area contributed by atoms with E-state index in [1.807, 2.05) is 44.2 Å². The molecular formula is C18H21NO3. The number of carbonyl (C=O) groups is 1. The molecule has 0 spiro atoms. The van der Waals surface area contributed by atoms with Gasteiger partial charge >= 0.3 is 5.97 Å².